The molecule has 1 unspecified atom stereocenters. The fourth-order valence-corrected chi connectivity index (χ4v) is 2.77. The summed E-state index contributed by atoms with van der Waals surface area (Å²) in [7, 11) is 2.22. The molecule has 1 atom stereocenters. The summed E-state index contributed by atoms with van der Waals surface area (Å²) in [6, 6.07) is 11.4. The molecule has 0 aliphatic carbocycles. The van der Waals surface area contributed by atoms with Crippen LogP contribution in [0.3, 0.4) is 0 Å². The maximum Gasteiger partial charge on any atom is 0.0332 e. The number of nitrogens with zero attached hydrogens (tertiary/aromatic N) is 2. The number of benzene rings is 1. The number of rotatable bonds is 7. The van der Waals surface area contributed by atoms with E-state index >= 15 is 0 Å². The number of nitrogens with one attached hydrogen (secondary N) is 1. The Bertz CT molecular complexity index is 358. The van der Waals surface area contributed by atoms with Crippen molar-refractivity contribution in [1.29, 1.82) is 0 Å². The second-order valence-corrected chi connectivity index (χ2v) is 5.85. The molecule has 1 saturated heterocycles. The molecule has 1 aliphatic heterocycles. The van der Waals surface area contributed by atoms with Crippen LogP contribution in [0.1, 0.15) is 31.4 Å². The number of hydrogen-bond acceptors (Lipinski definition) is 3. The normalized spacial score (nSPS) is 19.1. The van der Waals surface area contributed by atoms with Crippen molar-refractivity contribution in [3.63, 3.8) is 0 Å². The molecule has 0 bridgehead atoms. The predicted molar refractivity (Wildman–Crippen MR) is 86.0 cm³/mol. The molecular weight excluding hydrogens is 246 g/mol. The summed E-state index contributed by atoms with van der Waals surface area (Å²) in [5.74, 6) is 0. The van der Waals surface area contributed by atoms with Crippen molar-refractivity contribution in [2.45, 2.75) is 25.8 Å². The molecule has 0 amide bonds. The molecule has 0 saturated carbocycles. The second-order valence-electron chi connectivity index (χ2n) is 5.85. The van der Waals surface area contributed by atoms with E-state index in [4.69, 9.17) is 0 Å². The summed E-state index contributed by atoms with van der Waals surface area (Å²) in [6.45, 7) is 9.37. The topological polar surface area (TPSA) is 18.5 Å². The van der Waals surface area contributed by atoms with Crippen LogP contribution in [0.4, 0.5) is 0 Å². The smallest absolute Gasteiger partial charge is 0.0332 e. The highest BCUT2D eigenvalue weighted by Gasteiger charge is 2.16. The lowest BCUT2D eigenvalue weighted by Gasteiger charge is -2.33. The first-order valence-corrected chi connectivity index (χ1v) is 7.99. The van der Waals surface area contributed by atoms with E-state index in [1.54, 1.807) is 0 Å². The molecule has 3 nitrogen and oxygen atoms in total. The van der Waals surface area contributed by atoms with Gasteiger partial charge in [-0.25, -0.2) is 0 Å². The van der Waals surface area contributed by atoms with E-state index in [1.807, 2.05) is 0 Å². The van der Waals surface area contributed by atoms with Gasteiger partial charge in [0.05, 0.1) is 0 Å². The summed E-state index contributed by atoms with van der Waals surface area (Å²) in [6.07, 6.45) is 2.39. The zero-order chi connectivity index (χ0) is 14.2. The third kappa shape index (κ3) is 4.89. The van der Waals surface area contributed by atoms with Gasteiger partial charge in [-0.15, -0.1) is 0 Å². The van der Waals surface area contributed by atoms with E-state index in [2.05, 4.69) is 59.4 Å². The quantitative estimate of drug-likeness (QED) is 0.824. The van der Waals surface area contributed by atoms with Gasteiger partial charge < -0.3 is 15.1 Å². The Morgan fingerprint density at radius 3 is 2.45 bits per heavy atom. The Kier molecular flexibility index (Phi) is 6.51. The van der Waals surface area contributed by atoms with Crippen molar-refractivity contribution in [1.82, 2.24) is 15.1 Å². The van der Waals surface area contributed by atoms with Crippen LogP contribution < -0.4 is 5.32 Å². The van der Waals surface area contributed by atoms with Gasteiger partial charge in [-0.05, 0) is 32.0 Å². The lowest BCUT2D eigenvalue weighted by molar-refractivity contribution is 0.148. The molecule has 3 heteroatoms. The fraction of sp³-hybridized carbons (Fsp3) is 0.647. The Morgan fingerprint density at radius 1 is 1.10 bits per heavy atom. The molecule has 1 aromatic rings. The molecule has 20 heavy (non-hydrogen) atoms. The highest BCUT2D eigenvalue weighted by Crippen LogP contribution is 2.17. The van der Waals surface area contributed by atoms with Crippen LogP contribution in [0.15, 0.2) is 30.3 Å². The second kappa shape index (κ2) is 8.40. The van der Waals surface area contributed by atoms with Crippen LogP contribution in [-0.2, 0) is 0 Å². The van der Waals surface area contributed by atoms with Gasteiger partial charge in [0.25, 0.3) is 0 Å². The standard InChI is InChI=1S/C17H29N3/c1-3-10-18-17(16-7-5-4-6-8-16)9-11-20-14-12-19(2)13-15-20/h4-8,17-18H,3,9-15H2,1-2H3. The van der Waals surface area contributed by atoms with Gasteiger partial charge in [0, 0.05) is 38.8 Å². The molecule has 1 aliphatic rings. The van der Waals surface area contributed by atoms with E-state index in [0.29, 0.717) is 6.04 Å². The summed E-state index contributed by atoms with van der Waals surface area (Å²) < 4.78 is 0. The van der Waals surface area contributed by atoms with Crippen LogP contribution in [0, 0.1) is 0 Å². The third-order valence-electron chi connectivity index (χ3n) is 4.17. The monoisotopic (exact) mass is 275 g/mol. The van der Waals surface area contributed by atoms with E-state index in [-0.39, 0.29) is 0 Å². The first kappa shape index (κ1) is 15.5. The molecule has 0 radical (unpaired) electrons. The average molecular weight is 275 g/mol. The summed E-state index contributed by atoms with van der Waals surface area (Å²) in [5.41, 5.74) is 1.43. The zero-order valence-electron chi connectivity index (χ0n) is 13.0. The SMILES string of the molecule is CCCNC(CCN1CCN(C)CC1)c1ccccc1. The minimum absolute atomic E-state index is 0.496. The summed E-state index contributed by atoms with van der Waals surface area (Å²) in [4.78, 5) is 5.02. The van der Waals surface area contributed by atoms with Gasteiger partial charge in [-0.2, -0.15) is 0 Å². The molecule has 1 N–H and O–H groups in total. The molecule has 0 spiro atoms. The molecule has 2 rings (SSSR count). The van der Waals surface area contributed by atoms with Crippen molar-refractivity contribution in [2.24, 2.45) is 0 Å². The van der Waals surface area contributed by atoms with Crippen LogP contribution in [0.25, 0.3) is 0 Å². The van der Waals surface area contributed by atoms with Crippen molar-refractivity contribution >= 4 is 0 Å². The Labute approximate surface area is 124 Å². The van der Waals surface area contributed by atoms with E-state index in [0.717, 1.165) is 6.54 Å². The molecule has 1 fully saturated rings. The highest BCUT2D eigenvalue weighted by atomic mass is 15.2. The van der Waals surface area contributed by atoms with Gasteiger partial charge >= 0.3 is 0 Å². The number of piperazine rings is 1. The van der Waals surface area contributed by atoms with Gasteiger partial charge in [0.15, 0.2) is 0 Å². The minimum atomic E-state index is 0.496. The summed E-state index contributed by atoms with van der Waals surface area (Å²) >= 11 is 0. The Hall–Kier alpha value is -0.900. The van der Waals surface area contributed by atoms with Crippen molar-refractivity contribution in [3.05, 3.63) is 35.9 Å². The average Bonchev–Trinajstić information content (AvgIpc) is 2.50. The van der Waals surface area contributed by atoms with Crippen molar-refractivity contribution in [2.75, 3.05) is 46.3 Å². The van der Waals surface area contributed by atoms with Gasteiger partial charge in [0.1, 0.15) is 0 Å². The van der Waals surface area contributed by atoms with E-state index in [1.165, 1.54) is 51.1 Å². The largest absolute Gasteiger partial charge is 0.310 e. The lowest BCUT2D eigenvalue weighted by Crippen LogP contribution is -2.45. The zero-order valence-corrected chi connectivity index (χ0v) is 13.0. The van der Waals surface area contributed by atoms with E-state index in [9.17, 15) is 0 Å². The van der Waals surface area contributed by atoms with Crippen molar-refractivity contribution in [3.8, 4) is 0 Å². The maximum absolute atomic E-state index is 3.70. The highest BCUT2D eigenvalue weighted by molar-refractivity contribution is 5.18. The van der Waals surface area contributed by atoms with Crippen LogP contribution in [0.2, 0.25) is 0 Å². The Morgan fingerprint density at radius 2 is 1.80 bits per heavy atom. The van der Waals surface area contributed by atoms with Gasteiger partial charge in [0.2, 0.25) is 0 Å². The van der Waals surface area contributed by atoms with Gasteiger partial charge in [-0.1, -0.05) is 37.3 Å². The Balaban J connectivity index is 1.84. The third-order valence-corrected chi connectivity index (χ3v) is 4.17. The minimum Gasteiger partial charge on any atom is -0.310 e. The number of hydrogen-bond donors (Lipinski definition) is 1. The first-order chi connectivity index (χ1) is 9.79. The summed E-state index contributed by atoms with van der Waals surface area (Å²) in [5, 5.41) is 3.70. The van der Waals surface area contributed by atoms with Gasteiger partial charge in [-0.3, -0.25) is 0 Å². The van der Waals surface area contributed by atoms with Crippen LogP contribution in [-0.4, -0.2) is 56.1 Å². The van der Waals surface area contributed by atoms with Crippen LogP contribution >= 0.6 is 0 Å². The lowest BCUT2D eigenvalue weighted by atomic mass is 10.0. The van der Waals surface area contributed by atoms with Crippen molar-refractivity contribution < 1.29 is 0 Å². The fourth-order valence-electron chi connectivity index (χ4n) is 2.77. The molecular formula is C17H29N3. The predicted octanol–water partition coefficient (Wildman–Crippen LogP) is 2.36. The van der Waals surface area contributed by atoms with E-state index < -0.39 is 0 Å². The maximum atomic E-state index is 3.70. The number of likely N-dealkylation sites (N-methyl/N-ethyl adjacent to an activating group) is 1. The first-order valence-electron chi connectivity index (χ1n) is 7.99. The van der Waals surface area contributed by atoms with Crippen LogP contribution in [0.5, 0.6) is 0 Å². The molecule has 112 valence electrons. The molecule has 1 heterocycles. The molecule has 1 aromatic carbocycles. The molecule has 0 aromatic heterocycles.